The molecule has 2 aliphatic rings. The number of hydrogen-bond donors (Lipinski definition) is 0. The monoisotopic (exact) mass is 443 g/mol. The second-order valence-corrected chi connectivity index (χ2v) is 8.19. The number of carbonyl (C=O) groups excluding carboxylic acids is 2. The van der Waals surface area contributed by atoms with Crippen molar-refractivity contribution < 1.29 is 23.5 Å². The molecule has 5 rings (SSSR count). The van der Waals surface area contributed by atoms with E-state index in [2.05, 4.69) is 0 Å². The van der Waals surface area contributed by atoms with Crippen LogP contribution in [-0.4, -0.2) is 18.5 Å². The van der Waals surface area contributed by atoms with Crippen LogP contribution in [0.2, 0.25) is 0 Å². The van der Waals surface area contributed by atoms with E-state index in [1.807, 2.05) is 55.5 Å². The van der Waals surface area contributed by atoms with Crippen LogP contribution in [0.5, 0.6) is 5.75 Å². The molecule has 2 heterocycles. The standard InChI is InChI=1S/C27H22FNO4/c1-17-5-2-3-6-19(17)15-32-22-11-9-18(10-12-22)23-14-25(30)29(21-8-4-7-20(28)13-21)24-16-33-27(31)26(23)24/h2-13,23H,14-16H2,1H3. The quantitative estimate of drug-likeness (QED) is 0.518. The Bertz CT molecular complexity index is 1270. The Kier molecular flexibility index (Phi) is 5.42. The normalized spacial score (nSPS) is 17.8. The number of cyclic esters (lactones) is 1. The predicted octanol–water partition coefficient (Wildman–Crippen LogP) is 5.04. The van der Waals surface area contributed by atoms with Crippen LogP contribution in [0.15, 0.2) is 84.1 Å². The summed E-state index contributed by atoms with van der Waals surface area (Å²) in [5, 5.41) is 0. The van der Waals surface area contributed by atoms with Crippen molar-refractivity contribution in [2.45, 2.75) is 25.9 Å². The molecule has 0 spiro atoms. The number of aryl methyl sites for hydroxylation is 1. The highest BCUT2D eigenvalue weighted by Gasteiger charge is 2.43. The molecule has 0 radical (unpaired) electrons. The number of ether oxygens (including phenoxy) is 2. The van der Waals surface area contributed by atoms with E-state index in [1.165, 1.54) is 23.1 Å². The number of nitrogens with zero attached hydrogens (tertiary/aromatic N) is 1. The molecular formula is C27H22FNO4. The van der Waals surface area contributed by atoms with Crippen molar-refractivity contribution in [1.82, 2.24) is 0 Å². The Morgan fingerprint density at radius 1 is 1.03 bits per heavy atom. The molecule has 0 N–H and O–H groups in total. The molecule has 1 amide bonds. The third kappa shape index (κ3) is 4.00. The Morgan fingerprint density at radius 3 is 2.58 bits per heavy atom. The summed E-state index contributed by atoms with van der Waals surface area (Å²) in [5.41, 5.74) is 4.43. The van der Waals surface area contributed by atoms with Gasteiger partial charge in [-0.25, -0.2) is 9.18 Å². The zero-order valence-corrected chi connectivity index (χ0v) is 18.1. The molecule has 0 saturated heterocycles. The van der Waals surface area contributed by atoms with Crippen LogP contribution in [0.25, 0.3) is 0 Å². The molecule has 166 valence electrons. The lowest BCUT2D eigenvalue weighted by atomic mass is 9.84. The van der Waals surface area contributed by atoms with E-state index in [0.717, 1.165) is 16.7 Å². The lowest BCUT2D eigenvalue weighted by Crippen LogP contribution is -2.37. The van der Waals surface area contributed by atoms with Gasteiger partial charge in [0.05, 0.1) is 17.0 Å². The van der Waals surface area contributed by atoms with E-state index in [4.69, 9.17) is 9.47 Å². The molecule has 3 aromatic carbocycles. The number of esters is 1. The zero-order chi connectivity index (χ0) is 22.9. The van der Waals surface area contributed by atoms with Crippen LogP contribution in [0.1, 0.15) is 29.0 Å². The van der Waals surface area contributed by atoms with Gasteiger partial charge in [0.1, 0.15) is 24.8 Å². The average Bonchev–Trinajstić information content (AvgIpc) is 3.19. The first-order valence-corrected chi connectivity index (χ1v) is 10.8. The van der Waals surface area contributed by atoms with Crippen LogP contribution in [0.3, 0.4) is 0 Å². The summed E-state index contributed by atoms with van der Waals surface area (Å²) in [6.07, 6.45) is 0.0911. The first kappa shape index (κ1) is 20.9. The van der Waals surface area contributed by atoms with Crippen molar-refractivity contribution in [3.8, 4) is 5.75 Å². The SMILES string of the molecule is Cc1ccccc1COc1ccc(C2CC(=O)N(c3cccc(F)c3)C3=C2C(=O)OC3)cc1. The number of benzene rings is 3. The van der Waals surface area contributed by atoms with E-state index in [0.29, 0.717) is 29.3 Å². The fourth-order valence-electron chi connectivity index (χ4n) is 4.38. The third-order valence-electron chi connectivity index (χ3n) is 6.12. The molecule has 0 aromatic heterocycles. The molecule has 6 heteroatoms. The van der Waals surface area contributed by atoms with E-state index < -0.39 is 17.7 Å². The van der Waals surface area contributed by atoms with Gasteiger partial charge in [0.25, 0.3) is 0 Å². The van der Waals surface area contributed by atoms with Gasteiger partial charge in [0.15, 0.2) is 0 Å². The second-order valence-electron chi connectivity index (χ2n) is 8.19. The molecule has 1 atom stereocenters. The fraction of sp³-hybridized carbons (Fsp3) is 0.185. The fourth-order valence-corrected chi connectivity index (χ4v) is 4.38. The lowest BCUT2D eigenvalue weighted by molar-refractivity contribution is -0.136. The molecule has 0 aliphatic carbocycles. The summed E-state index contributed by atoms with van der Waals surface area (Å²) >= 11 is 0. The zero-order valence-electron chi connectivity index (χ0n) is 18.1. The maximum atomic E-state index is 13.8. The number of halogens is 1. The van der Waals surface area contributed by atoms with Crippen molar-refractivity contribution >= 4 is 17.6 Å². The molecule has 5 nitrogen and oxygen atoms in total. The molecular weight excluding hydrogens is 421 g/mol. The van der Waals surface area contributed by atoms with Gasteiger partial charge in [-0.3, -0.25) is 9.69 Å². The summed E-state index contributed by atoms with van der Waals surface area (Å²) in [4.78, 5) is 27.1. The first-order chi connectivity index (χ1) is 16.0. The van der Waals surface area contributed by atoms with Gasteiger partial charge in [-0.05, 0) is 53.9 Å². The number of carbonyl (C=O) groups is 2. The first-order valence-electron chi connectivity index (χ1n) is 10.8. The smallest absolute Gasteiger partial charge is 0.336 e. The summed E-state index contributed by atoms with van der Waals surface area (Å²) in [6, 6.07) is 21.3. The molecule has 33 heavy (non-hydrogen) atoms. The highest BCUT2D eigenvalue weighted by molar-refractivity contribution is 6.06. The van der Waals surface area contributed by atoms with E-state index in [9.17, 15) is 14.0 Å². The van der Waals surface area contributed by atoms with E-state index in [1.54, 1.807) is 6.07 Å². The van der Waals surface area contributed by atoms with Crippen molar-refractivity contribution in [3.05, 3.63) is 107 Å². The Hall–Kier alpha value is -3.93. The van der Waals surface area contributed by atoms with Crippen LogP contribution >= 0.6 is 0 Å². The van der Waals surface area contributed by atoms with Crippen molar-refractivity contribution in [2.24, 2.45) is 0 Å². The van der Waals surface area contributed by atoms with Gasteiger partial charge in [0.2, 0.25) is 5.91 Å². The van der Waals surface area contributed by atoms with Crippen molar-refractivity contribution in [2.75, 3.05) is 11.5 Å². The van der Waals surface area contributed by atoms with Gasteiger partial charge in [-0.15, -0.1) is 0 Å². The van der Waals surface area contributed by atoms with Gasteiger partial charge in [0, 0.05) is 12.3 Å². The average molecular weight is 443 g/mol. The van der Waals surface area contributed by atoms with E-state index >= 15 is 0 Å². The number of anilines is 1. The largest absolute Gasteiger partial charge is 0.489 e. The maximum Gasteiger partial charge on any atom is 0.336 e. The highest BCUT2D eigenvalue weighted by Crippen LogP contribution is 2.42. The third-order valence-corrected chi connectivity index (χ3v) is 6.12. The predicted molar refractivity (Wildman–Crippen MR) is 121 cm³/mol. The minimum absolute atomic E-state index is 0.00938. The number of amides is 1. The molecule has 1 unspecified atom stereocenters. The highest BCUT2D eigenvalue weighted by atomic mass is 19.1. The van der Waals surface area contributed by atoms with Crippen LogP contribution in [0.4, 0.5) is 10.1 Å². The van der Waals surface area contributed by atoms with Crippen LogP contribution in [0, 0.1) is 12.7 Å². The van der Waals surface area contributed by atoms with E-state index in [-0.39, 0.29) is 18.9 Å². The Balaban J connectivity index is 1.41. The topological polar surface area (TPSA) is 55.8 Å². The summed E-state index contributed by atoms with van der Waals surface area (Å²) < 4.78 is 25.0. The van der Waals surface area contributed by atoms with Gasteiger partial charge >= 0.3 is 5.97 Å². The molecule has 0 saturated carbocycles. The molecule has 0 fully saturated rings. The van der Waals surface area contributed by atoms with Gasteiger partial charge < -0.3 is 9.47 Å². The second kappa shape index (κ2) is 8.54. The van der Waals surface area contributed by atoms with Crippen molar-refractivity contribution in [1.29, 1.82) is 0 Å². The van der Waals surface area contributed by atoms with Gasteiger partial charge in [-0.1, -0.05) is 42.5 Å². The van der Waals surface area contributed by atoms with Crippen LogP contribution < -0.4 is 9.64 Å². The number of hydrogen-bond acceptors (Lipinski definition) is 4. The summed E-state index contributed by atoms with van der Waals surface area (Å²) in [5.74, 6) is -0.811. The van der Waals surface area contributed by atoms with Gasteiger partial charge in [-0.2, -0.15) is 0 Å². The maximum absolute atomic E-state index is 13.8. The Morgan fingerprint density at radius 2 is 1.82 bits per heavy atom. The molecule has 2 aliphatic heterocycles. The molecule has 3 aromatic rings. The minimum atomic E-state index is -0.448. The molecule has 0 bridgehead atoms. The summed E-state index contributed by atoms with van der Waals surface area (Å²) in [6.45, 7) is 2.49. The van der Waals surface area contributed by atoms with Crippen LogP contribution in [-0.2, 0) is 20.9 Å². The minimum Gasteiger partial charge on any atom is -0.489 e. The number of rotatable bonds is 5. The lowest BCUT2D eigenvalue weighted by Gasteiger charge is -2.31. The Labute approximate surface area is 191 Å². The van der Waals surface area contributed by atoms with Crippen molar-refractivity contribution in [3.63, 3.8) is 0 Å². The summed E-state index contributed by atoms with van der Waals surface area (Å²) in [7, 11) is 0.